The fraction of sp³-hybridized carbons (Fsp3) is 0.0417. The van der Waals surface area contributed by atoms with Crippen molar-refractivity contribution in [3.63, 3.8) is 0 Å². The van der Waals surface area contributed by atoms with Crippen molar-refractivity contribution >= 4 is 42.6 Å². The third-order valence-corrected chi connectivity index (χ3v) is 6.19. The SMILES string of the molecule is O=S(=O)(Oc1ccc2ccccc2c1-c1nc2ccccc2c2ccccc12)C(F)(F)F. The summed E-state index contributed by atoms with van der Waals surface area (Å²) < 4.78 is 67.6. The lowest BCUT2D eigenvalue weighted by molar-refractivity contribution is -0.0499. The van der Waals surface area contributed by atoms with Crippen LogP contribution in [0, 0.1) is 0 Å². The Bertz CT molecular complexity index is 1610. The van der Waals surface area contributed by atoms with Crippen molar-refractivity contribution in [2.45, 2.75) is 5.51 Å². The zero-order valence-corrected chi connectivity index (χ0v) is 17.1. The van der Waals surface area contributed by atoms with Gasteiger partial charge in [0.1, 0.15) is 0 Å². The smallest absolute Gasteiger partial charge is 0.375 e. The van der Waals surface area contributed by atoms with E-state index in [0.29, 0.717) is 27.4 Å². The van der Waals surface area contributed by atoms with Gasteiger partial charge in [-0.15, -0.1) is 0 Å². The topological polar surface area (TPSA) is 56.3 Å². The van der Waals surface area contributed by atoms with Gasteiger partial charge in [-0.3, -0.25) is 0 Å². The summed E-state index contributed by atoms with van der Waals surface area (Å²) in [6.45, 7) is 0. The first-order chi connectivity index (χ1) is 15.3. The molecule has 0 N–H and O–H groups in total. The second-order valence-corrected chi connectivity index (χ2v) is 8.70. The highest BCUT2D eigenvalue weighted by molar-refractivity contribution is 7.88. The zero-order valence-electron chi connectivity index (χ0n) is 16.3. The molecule has 5 rings (SSSR count). The summed E-state index contributed by atoms with van der Waals surface area (Å²) in [5, 5.41) is 3.61. The number of benzene rings is 4. The molecule has 0 radical (unpaired) electrons. The molecule has 0 amide bonds. The molecule has 0 spiro atoms. The second-order valence-electron chi connectivity index (χ2n) is 7.17. The second kappa shape index (κ2) is 7.20. The summed E-state index contributed by atoms with van der Waals surface area (Å²) in [7, 11) is -5.87. The van der Waals surface area contributed by atoms with Crippen LogP contribution >= 0.6 is 0 Å². The van der Waals surface area contributed by atoms with Gasteiger partial charge in [-0.2, -0.15) is 21.6 Å². The van der Waals surface area contributed by atoms with E-state index in [9.17, 15) is 21.6 Å². The molecule has 0 saturated carbocycles. The van der Waals surface area contributed by atoms with Crippen LogP contribution in [0.1, 0.15) is 0 Å². The molecule has 0 fully saturated rings. The van der Waals surface area contributed by atoms with Crippen LogP contribution in [-0.4, -0.2) is 18.9 Å². The van der Waals surface area contributed by atoms with Crippen molar-refractivity contribution in [3.05, 3.63) is 84.9 Å². The van der Waals surface area contributed by atoms with E-state index < -0.39 is 21.4 Å². The Morgan fingerprint density at radius 3 is 2.00 bits per heavy atom. The first-order valence-corrected chi connectivity index (χ1v) is 11.0. The molecular formula is C24H14F3NO3S. The van der Waals surface area contributed by atoms with Gasteiger partial charge in [-0.1, -0.05) is 72.8 Å². The Balaban J connectivity index is 1.91. The summed E-state index contributed by atoms with van der Waals surface area (Å²) in [4.78, 5) is 4.72. The Kier molecular flexibility index (Phi) is 4.56. The Labute approximate surface area is 181 Å². The fourth-order valence-corrected chi connectivity index (χ4v) is 4.30. The molecule has 0 unspecified atom stereocenters. The van der Waals surface area contributed by atoms with Gasteiger partial charge < -0.3 is 4.18 Å². The number of pyridine rings is 1. The predicted octanol–water partition coefficient (Wildman–Crippen LogP) is 6.44. The van der Waals surface area contributed by atoms with Gasteiger partial charge in [0.25, 0.3) is 0 Å². The minimum absolute atomic E-state index is 0.179. The molecule has 1 heterocycles. The number of alkyl halides is 3. The summed E-state index contributed by atoms with van der Waals surface area (Å²) in [5.41, 5.74) is -4.42. The fourth-order valence-electron chi connectivity index (χ4n) is 3.83. The van der Waals surface area contributed by atoms with Crippen molar-refractivity contribution < 1.29 is 25.8 Å². The largest absolute Gasteiger partial charge is 0.534 e. The number of rotatable bonds is 3. The van der Waals surface area contributed by atoms with Gasteiger partial charge in [0.15, 0.2) is 5.75 Å². The molecule has 4 nitrogen and oxygen atoms in total. The number of para-hydroxylation sites is 1. The quantitative estimate of drug-likeness (QED) is 0.179. The van der Waals surface area contributed by atoms with Gasteiger partial charge in [-0.05, 0) is 28.3 Å². The predicted molar refractivity (Wildman–Crippen MR) is 118 cm³/mol. The van der Waals surface area contributed by atoms with Crippen molar-refractivity contribution in [2.24, 2.45) is 0 Å². The van der Waals surface area contributed by atoms with Gasteiger partial charge in [0.2, 0.25) is 0 Å². The standard InChI is InChI=1S/C24H14F3NO3S/c25-24(26,27)32(29,30)31-21-14-13-15-7-1-2-8-16(15)22(21)23-19-11-4-3-9-17(19)18-10-5-6-12-20(18)28-23/h1-14H. The molecular weight excluding hydrogens is 439 g/mol. The number of nitrogens with zero attached hydrogens (tertiary/aromatic N) is 1. The molecule has 5 aromatic rings. The van der Waals surface area contributed by atoms with Crippen LogP contribution in [0.3, 0.4) is 0 Å². The normalized spacial score (nSPS) is 12.5. The summed E-state index contributed by atoms with van der Waals surface area (Å²) >= 11 is 0. The summed E-state index contributed by atoms with van der Waals surface area (Å²) in [6.07, 6.45) is 0. The molecule has 0 bridgehead atoms. The lowest BCUT2D eigenvalue weighted by atomic mass is 9.95. The third-order valence-electron chi connectivity index (χ3n) is 5.22. The maximum Gasteiger partial charge on any atom is 0.534 e. The maximum atomic E-state index is 13.1. The highest BCUT2D eigenvalue weighted by Crippen LogP contribution is 2.42. The molecule has 160 valence electrons. The highest BCUT2D eigenvalue weighted by atomic mass is 32.2. The van der Waals surface area contributed by atoms with Crippen LogP contribution in [0.15, 0.2) is 84.9 Å². The van der Waals surface area contributed by atoms with E-state index >= 15 is 0 Å². The van der Waals surface area contributed by atoms with E-state index in [1.807, 2.05) is 30.3 Å². The molecule has 8 heteroatoms. The lowest BCUT2D eigenvalue weighted by Crippen LogP contribution is -2.28. The highest BCUT2D eigenvalue weighted by Gasteiger charge is 2.49. The number of hydrogen-bond acceptors (Lipinski definition) is 4. The molecule has 0 atom stereocenters. The van der Waals surface area contributed by atoms with Crippen LogP contribution in [0.5, 0.6) is 5.75 Å². The van der Waals surface area contributed by atoms with Crippen molar-refractivity contribution in [2.75, 3.05) is 0 Å². The number of aromatic nitrogens is 1. The van der Waals surface area contributed by atoms with E-state index in [1.54, 1.807) is 42.5 Å². The Morgan fingerprint density at radius 1 is 0.688 bits per heavy atom. The zero-order chi connectivity index (χ0) is 22.5. The maximum absolute atomic E-state index is 13.1. The molecule has 32 heavy (non-hydrogen) atoms. The lowest BCUT2D eigenvalue weighted by Gasteiger charge is -2.17. The summed E-state index contributed by atoms with van der Waals surface area (Å²) in [6, 6.07) is 24.4. The number of fused-ring (bicyclic) bond motifs is 4. The van der Waals surface area contributed by atoms with Gasteiger partial charge in [0.05, 0.1) is 16.8 Å². The minimum Gasteiger partial charge on any atom is -0.375 e. The summed E-state index contributed by atoms with van der Waals surface area (Å²) in [5.74, 6) is -0.436. The molecule has 0 aliphatic heterocycles. The molecule has 1 aromatic heterocycles. The van der Waals surface area contributed by atoms with E-state index in [-0.39, 0.29) is 5.56 Å². The minimum atomic E-state index is -5.87. The average molecular weight is 453 g/mol. The van der Waals surface area contributed by atoms with E-state index in [0.717, 1.165) is 10.8 Å². The molecule has 0 saturated heterocycles. The van der Waals surface area contributed by atoms with Crippen molar-refractivity contribution in [1.29, 1.82) is 0 Å². The van der Waals surface area contributed by atoms with Gasteiger partial charge >= 0.3 is 15.6 Å². The number of halogens is 3. The third kappa shape index (κ3) is 3.23. The molecule has 4 aromatic carbocycles. The number of hydrogen-bond donors (Lipinski definition) is 0. The monoisotopic (exact) mass is 453 g/mol. The Morgan fingerprint density at radius 2 is 1.28 bits per heavy atom. The molecule has 0 aliphatic carbocycles. The Hall–Kier alpha value is -3.65. The van der Waals surface area contributed by atoms with E-state index in [2.05, 4.69) is 4.18 Å². The van der Waals surface area contributed by atoms with Crippen molar-refractivity contribution in [3.8, 4) is 17.0 Å². The van der Waals surface area contributed by atoms with Crippen LogP contribution in [0.2, 0.25) is 0 Å². The average Bonchev–Trinajstić information content (AvgIpc) is 2.77. The van der Waals surface area contributed by atoms with Gasteiger partial charge in [-0.25, -0.2) is 4.98 Å². The van der Waals surface area contributed by atoms with Crippen molar-refractivity contribution in [1.82, 2.24) is 4.98 Å². The van der Waals surface area contributed by atoms with Crippen LogP contribution in [0.25, 0.3) is 43.7 Å². The van der Waals surface area contributed by atoms with Crippen LogP contribution in [0.4, 0.5) is 13.2 Å². The first-order valence-electron chi connectivity index (χ1n) is 9.57. The first kappa shape index (κ1) is 20.3. The van der Waals surface area contributed by atoms with Crippen LogP contribution in [-0.2, 0) is 10.1 Å². The van der Waals surface area contributed by atoms with E-state index in [4.69, 9.17) is 4.98 Å². The van der Waals surface area contributed by atoms with Crippen LogP contribution < -0.4 is 4.18 Å². The van der Waals surface area contributed by atoms with E-state index in [1.165, 1.54) is 12.1 Å². The molecule has 0 aliphatic rings. The van der Waals surface area contributed by atoms with Gasteiger partial charge in [0, 0.05) is 10.8 Å².